The molecule has 40 heavy (non-hydrogen) atoms. The molecule has 1 saturated heterocycles. The van der Waals surface area contributed by atoms with Crippen molar-refractivity contribution in [2.24, 2.45) is 0 Å². The normalized spacial score (nSPS) is 15.6. The van der Waals surface area contributed by atoms with Gasteiger partial charge >= 0.3 is 6.18 Å². The van der Waals surface area contributed by atoms with Gasteiger partial charge < -0.3 is 25.2 Å². The van der Waals surface area contributed by atoms with Crippen LogP contribution in [-0.4, -0.2) is 60.1 Å². The number of hydrogen-bond acceptors (Lipinski definition) is 7. The number of nitrogens with zero attached hydrogens (tertiary/aromatic N) is 4. The number of nitrogens with one attached hydrogen (secondary N) is 2. The zero-order valence-electron chi connectivity index (χ0n) is 22.6. The minimum absolute atomic E-state index is 0.0394. The lowest BCUT2D eigenvalue weighted by Crippen LogP contribution is -2.46. The van der Waals surface area contributed by atoms with E-state index in [2.05, 4.69) is 37.3 Å². The highest BCUT2D eigenvalue weighted by Crippen LogP contribution is 2.35. The number of carbonyl (C=O) groups is 1. The number of amides is 1. The van der Waals surface area contributed by atoms with Crippen molar-refractivity contribution in [3.05, 3.63) is 65.0 Å². The maximum atomic E-state index is 13.9. The number of anilines is 4. The zero-order valence-corrected chi connectivity index (χ0v) is 22.6. The van der Waals surface area contributed by atoms with Crippen molar-refractivity contribution in [1.29, 1.82) is 0 Å². The van der Waals surface area contributed by atoms with Gasteiger partial charge in [0.05, 0.1) is 30.0 Å². The topological polar surface area (TPSA) is 82.6 Å². The van der Waals surface area contributed by atoms with Gasteiger partial charge in [-0.2, -0.15) is 13.2 Å². The quantitative estimate of drug-likeness (QED) is 0.383. The van der Waals surface area contributed by atoms with Crippen molar-refractivity contribution >= 4 is 28.9 Å². The summed E-state index contributed by atoms with van der Waals surface area (Å²) in [6.07, 6.45) is -3.20. The Balaban J connectivity index is 1.37. The first-order chi connectivity index (χ1) is 19.2. The Morgan fingerprint density at radius 3 is 2.60 bits per heavy atom. The number of ether oxygens (including phenoxy) is 1. The molecule has 1 fully saturated rings. The summed E-state index contributed by atoms with van der Waals surface area (Å²) in [6.45, 7) is 9.29. The molecule has 1 amide bonds. The van der Waals surface area contributed by atoms with Gasteiger partial charge in [0.15, 0.2) is 0 Å². The van der Waals surface area contributed by atoms with E-state index < -0.39 is 11.7 Å². The van der Waals surface area contributed by atoms with Gasteiger partial charge in [-0.15, -0.1) is 0 Å². The molecule has 0 atom stereocenters. The number of hydrogen-bond donors (Lipinski definition) is 2. The highest BCUT2D eigenvalue weighted by Gasteiger charge is 2.35. The third-order valence-electron chi connectivity index (χ3n) is 7.38. The van der Waals surface area contributed by atoms with Crippen molar-refractivity contribution in [3.8, 4) is 5.75 Å². The third kappa shape index (κ3) is 6.14. The number of aryl methyl sites for hydroxylation is 2. The van der Waals surface area contributed by atoms with E-state index in [1.807, 2.05) is 31.2 Å². The molecule has 2 aromatic carbocycles. The number of halogens is 3. The number of likely N-dealkylation sites (N-methyl/N-ethyl adjacent to an activating group) is 1. The molecule has 3 aromatic rings. The molecule has 5 rings (SSSR count). The first-order valence-electron chi connectivity index (χ1n) is 13.6. The van der Waals surface area contributed by atoms with Gasteiger partial charge in [0, 0.05) is 49.8 Å². The van der Waals surface area contributed by atoms with Crippen molar-refractivity contribution in [1.82, 2.24) is 14.9 Å². The molecule has 0 aliphatic carbocycles. The molecule has 212 valence electrons. The summed E-state index contributed by atoms with van der Waals surface area (Å²) in [5.41, 5.74) is 2.99. The highest BCUT2D eigenvalue weighted by molar-refractivity contribution is 5.99. The van der Waals surface area contributed by atoms with Gasteiger partial charge in [-0.1, -0.05) is 19.1 Å². The van der Waals surface area contributed by atoms with Crippen molar-refractivity contribution in [3.63, 3.8) is 0 Å². The molecule has 1 aromatic heterocycles. The largest absolute Gasteiger partial charge is 0.492 e. The summed E-state index contributed by atoms with van der Waals surface area (Å²) in [6, 6.07) is 11.2. The van der Waals surface area contributed by atoms with Crippen LogP contribution in [0, 0.1) is 0 Å². The fourth-order valence-electron chi connectivity index (χ4n) is 5.24. The van der Waals surface area contributed by atoms with Crippen molar-refractivity contribution in [2.45, 2.75) is 39.3 Å². The van der Waals surface area contributed by atoms with Crippen LogP contribution in [-0.2, 0) is 30.2 Å². The van der Waals surface area contributed by atoms with Gasteiger partial charge in [0.1, 0.15) is 5.75 Å². The van der Waals surface area contributed by atoms with Gasteiger partial charge in [-0.3, -0.25) is 4.79 Å². The third-order valence-corrected chi connectivity index (χ3v) is 7.38. The molecule has 2 aliphatic heterocycles. The molecule has 11 heteroatoms. The Morgan fingerprint density at radius 1 is 1.07 bits per heavy atom. The van der Waals surface area contributed by atoms with Gasteiger partial charge in [-0.05, 0) is 55.6 Å². The van der Waals surface area contributed by atoms with Crippen LogP contribution in [0.15, 0.2) is 42.6 Å². The van der Waals surface area contributed by atoms with Gasteiger partial charge in [0.2, 0.25) is 11.9 Å². The van der Waals surface area contributed by atoms with Crippen LogP contribution in [0.4, 0.5) is 36.2 Å². The second kappa shape index (κ2) is 11.7. The fraction of sp³-hybridized carbons (Fsp3) is 0.414. The maximum Gasteiger partial charge on any atom is 0.419 e. The van der Waals surface area contributed by atoms with Crippen LogP contribution in [0.2, 0.25) is 0 Å². The minimum Gasteiger partial charge on any atom is -0.492 e. The van der Waals surface area contributed by atoms with Crippen LogP contribution in [0.5, 0.6) is 5.75 Å². The molecular weight excluding hydrogens is 521 g/mol. The van der Waals surface area contributed by atoms with E-state index in [1.165, 1.54) is 0 Å². The molecule has 2 aliphatic rings. The predicted molar refractivity (Wildman–Crippen MR) is 148 cm³/mol. The van der Waals surface area contributed by atoms with Crippen molar-refractivity contribution < 1.29 is 22.7 Å². The van der Waals surface area contributed by atoms with Gasteiger partial charge in [0.25, 0.3) is 0 Å². The van der Waals surface area contributed by atoms with Crippen LogP contribution in [0.25, 0.3) is 0 Å². The van der Waals surface area contributed by atoms with E-state index in [0.29, 0.717) is 30.2 Å². The van der Waals surface area contributed by atoms with E-state index >= 15 is 0 Å². The summed E-state index contributed by atoms with van der Waals surface area (Å²) in [4.78, 5) is 24.8. The average molecular weight is 555 g/mol. The standard InChI is InChI=1S/C29H33F3N6O2/c1-3-37-12-14-38(15-13-37)20-9-11-25(26(16-20)40-4-2)36-28-33-18-22(29(30,31)32)24(35-28)10-8-19-6-5-7-23-21(19)17-27(39)34-23/h5-7,9,11,16,18H,3-4,8,10,12-15,17H2,1-2H3,(H,34,39)(H,33,35,36). The number of carbonyl (C=O) groups excluding carboxylic acids is 1. The second-order valence-electron chi connectivity index (χ2n) is 9.88. The van der Waals surface area contributed by atoms with Crippen LogP contribution < -0.4 is 20.3 Å². The Hall–Kier alpha value is -3.86. The summed E-state index contributed by atoms with van der Waals surface area (Å²) >= 11 is 0. The molecule has 8 nitrogen and oxygen atoms in total. The number of alkyl halides is 3. The van der Waals surface area contributed by atoms with E-state index in [0.717, 1.165) is 55.7 Å². The predicted octanol–water partition coefficient (Wildman–Crippen LogP) is 5.06. The van der Waals surface area contributed by atoms with Crippen molar-refractivity contribution in [2.75, 3.05) is 54.9 Å². The number of piperazine rings is 1. The highest BCUT2D eigenvalue weighted by atomic mass is 19.4. The maximum absolute atomic E-state index is 13.9. The summed E-state index contributed by atoms with van der Waals surface area (Å²) < 4.78 is 47.4. The monoisotopic (exact) mass is 554 g/mol. The van der Waals surface area contributed by atoms with E-state index in [1.54, 1.807) is 12.1 Å². The molecule has 0 unspecified atom stereocenters. The summed E-state index contributed by atoms with van der Waals surface area (Å²) in [7, 11) is 0. The molecule has 0 bridgehead atoms. The first kappa shape index (κ1) is 27.7. The molecule has 2 N–H and O–H groups in total. The molecular formula is C29H33F3N6O2. The smallest absolute Gasteiger partial charge is 0.419 e. The number of fused-ring (bicyclic) bond motifs is 1. The SMILES string of the molecule is CCOc1cc(N2CCN(CC)CC2)ccc1Nc1ncc(C(F)(F)F)c(CCc2cccc3c2CC(=O)N3)n1. The average Bonchev–Trinajstić information content (AvgIpc) is 3.33. The molecule has 3 heterocycles. The minimum atomic E-state index is -4.59. The number of rotatable bonds is 9. The Labute approximate surface area is 231 Å². The van der Waals surface area contributed by atoms with E-state index in [9.17, 15) is 18.0 Å². The Morgan fingerprint density at radius 2 is 1.88 bits per heavy atom. The zero-order chi connectivity index (χ0) is 28.3. The number of benzene rings is 2. The summed E-state index contributed by atoms with van der Waals surface area (Å²) in [5, 5.41) is 5.85. The molecule has 0 saturated carbocycles. The van der Waals surface area contributed by atoms with E-state index in [-0.39, 0.29) is 30.4 Å². The van der Waals surface area contributed by atoms with Gasteiger partial charge in [-0.25, -0.2) is 9.97 Å². The van der Waals surface area contributed by atoms with E-state index in [4.69, 9.17) is 4.74 Å². The summed E-state index contributed by atoms with van der Waals surface area (Å²) in [5.74, 6) is 0.523. The lowest BCUT2D eigenvalue weighted by Gasteiger charge is -2.35. The Bertz CT molecular complexity index is 1370. The molecule has 0 radical (unpaired) electrons. The lowest BCUT2D eigenvalue weighted by molar-refractivity contribution is -0.138. The second-order valence-corrected chi connectivity index (χ2v) is 9.88. The lowest BCUT2D eigenvalue weighted by atomic mass is 9.98. The molecule has 0 spiro atoms. The van der Waals surface area contributed by atoms with Crippen LogP contribution in [0.3, 0.4) is 0 Å². The van der Waals surface area contributed by atoms with Crippen LogP contribution >= 0.6 is 0 Å². The fourth-order valence-corrected chi connectivity index (χ4v) is 5.24. The van der Waals surface area contributed by atoms with Crippen LogP contribution in [0.1, 0.15) is 36.2 Å². The first-order valence-corrected chi connectivity index (χ1v) is 13.6. The number of aromatic nitrogens is 2. The Kier molecular flexibility index (Phi) is 8.11.